The number of carbonyl (C=O) groups excluding carboxylic acids is 1. The van der Waals surface area contributed by atoms with Gasteiger partial charge in [0.2, 0.25) is 5.91 Å². The number of anilines is 1. The SMILES string of the molecule is NC(CC(=O)Nc1cccnc1Br)C1CC1. The van der Waals surface area contributed by atoms with E-state index >= 15 is 0 Å². The lowest BCUT2D eigenvalue weighted by Gasteiger charge is -2.10. The maximum Gasteiger partial charge on any atom is 0.226 e. The molecular formula is C11H14BrN3O. The number of hydrogen-bond acceptors (Lipinski definition) is 3. The van der Waals surface area contributed by atoms with Crippen molar-refractivity contribution in [2.24, 2.45) is 11.7 Å². The van der Waals surface area contributed by atoms with E-state index in [1.54, 1.807) is 18.3 Å². The first-order valence-corrected chi connectivity index (χ1v) is 6.12. The van der Waals surface area contributed by atoms with Crippen molar-refractivity contribution in [1.29, 1.82) is 0 Å². The van der Waals surface area contributed by atoms with Crippen LogP contribution in [0.3, 0.4) is 0 Å². The monoisotopic (exact) mass is 283 g/mol. The molecule has 1 aliphatic carbocycles. The van der Waals surface area contributed by atoms with Crippen molar-refractivity contribution in [2.75, 3.05) is 5.32 Å². The van der Waals surface area contributed by atoms with Gasteiger partial charge < -0.3 is 11.1 Å². The number of nitrogens with one attached hydrogen (secondary N) is 1. The van der Waals surface area contributed by atoms with Crippen molar-refractivity contribution in [2.45, 2.75) is 25.3 Å². The van der Waals surface area contributed by atoms with Crippen LogP contribution >= 0.6 is 15.9 Å². The number of amides is 1. The first-order chi connectivity index (χ1) is 7.66. The third-order valence-corrected chi connectivity index (χ3v) is 3.31. The Morgan fingerprint density at radius 3 is 3.06 bits per heavy atom. The van der Waals surface area contributed by atoms with E-state index in [0.29, 0.717) is 22.6 Å². The van der Waals surface area contributed by atoms with Crippen molar-refractivity contribution in [3.05, 3.63) is 22.9 Å². The lowest BCUT2D eigenvalue weighted by Crippen LogP contribution is -2.28. The molecule has 1 aromatic heterocycles. The minimum Gasteiger partial charge on any atom is -0.327 e. The molecule has 0 bridgehead atoms. The van der Waals surface area contributed by atoms with Crippen LogP contribution in [0.15, 0.2) is 22.9 Å². The zero-order valence-electron chi connectivity index (χ0n) is 8.82. The van der Waals surface area contributed by atoms with E-state index in [-0.39, 0.29) is 11.9 Å². The third-order valence-electron chi connectivity index (χ3n) is 2.68. The first-order valence-electron chi connectivity index (χ1n) is 5.33. The lowest BCUT2D eigenvalue weighted by molar-refractivity contribution is -0.116. The Morgan fingerprint density at radius 2 is 2.44 bits per heavy atom. The summed E-state index contributed by atoms with van der Waals surface area (Å²) >= 11 is 3.28. The largest absolute Gasteiger partial charge is 0.327 e. The molecular weight excluding hydrogens is 270 g/mol. The fourth-order valence-electron chi connectivity index (χ4n) is 1.59. The van der Waals surface area contributed by atoms with Gasteiger partial charge >= 0.3 is 0 Å². The van der Waals surface area contributed by atoms with Gasteiger partial charge in [-0.3, -0.25) is 4.79 Å². The van der Waals surface area contributed by atoms with Crippen LogP contribution in [0.4, 0.5) is 5.69 Å². The van der Waals surface area contributed by atoms with E-state index in [0.717, 1.165) is 12.8 Å². The van der Waals surface area contributed by atoms with E-state index in [2.05, 4.69) is 26.2 Å². The van der Waals surface area contributed by atoms with Crippen LogP contribution in [0.25, 0.3) is 0 Å². The number of nitrogens with two attached hydrogens (primary N) is 1. The molecule has 1 amide bonds. The standard InChI is InChI=1S/C11H14BrN3O/c12-11-9(2-1-5-14-11)15-10(16)6-8(13)7-3-4-7/h1-2,5,7-8H,3-4,6,13H2,(H,15,16). The van der Waals surface area contributed by atoms with Crippen LogP contribution < -0.4 is 11.1 Å². The molecule has 0 saturated heterocycles. The third kappa shape index (κ3) is 3.02. The van der Waals surface area contributed by atoms with Crippen molar-refractivity contribution in [3.63, 3.8) is 0 Å². The van der Waals surface area contributed by atoms with E-state index in [4.69, 9.17) is 5.73 Å². The molecule has 1 aliphatic rings. The Kier molecular flexibility index (Phi) is 3.56. The second-order valence-electron chi connectivity index (χ2n) is 4.10. The van der Waals surface area contributed by atoms with Gasteiger partial charge in [0.25, 0.3) is 0 Å². The molecule has 0 radical (unpaired) electrons. The zero-order valence-corrected chi connectivity index (χ0v) is 10.4. The first kappa shape index (κ1) is 11.5. The van der Waals surface area contributed by atoms with Crippen LogP contribution in [0.5, 0.6) is 0 Å². The Bertz CT molecular complexity index is 393. The van der Waals surface area contributed by atoms with Gasteiger partial charge in [-0.1, -0.05) is 0 Å². The number of halogens is 1. The summed E-state index contributed by atoms with van der Waals surface area (Å²) in [5.74, 6) is 0.496. The lowest BCUT2D eigenvalue weighted by atomic mass is 10.1. The maximum absolute atomic E-state index is 11.7. The second-order valence-corrected chi connectivity index (χ2v) is 4.85. The van der Waals surface area contributed by atoms with Gasteiger partial charge in [0.1, 0.15) is 4.60 Å². The molecule has 16 heavy (non-hydrogen) atoms. The van der Waals surface area contributed by atoms with Gasteiger partial charge in [-0.25, -0.2) is 4.98 Å². The van der Waals surface area contributed by atoms with E-state index in [1.165, 1.54) is 0 Å². The van der Waals surface area contributed by atoms with Gasteiger partial charge in [-0.15, -0.1) is 0 Å². The Hall–Kier alpha value is -0.940. The summed E-state index contributed by atoms with van der Waals surface area (Å²) in [7, 11) is 0. The van der Waals surface area contributed by atoms with Crippen LogP contribution in [-0.4, -0.2) is 16.9 Å². The normalized spacial score (nSPS) is 16.9. The Morgan fingerprint density at radius 1 is 1.69 bits per heavy atom. The molecule has 1 aromatic rings. The van der Waals surface area contributed by atoms with Crippen molar-refractivity contribution in [1.82, 2.24) is 4.98 Å². The second kappa shape index (κ2) is 4.93. The van der Waals surface area contributed by atoms with E-state index in [1.807, 2.05) is 0 Å². The molecule has 1 heterocycles. The van der Waals surface area contributed by atoms with Crippen molar-refractivity contribution < 1.29 is 4.79 Å². The minimum absolute atomic E-state index is 0.00422. The number of carbonyl (C=O) groups is 1. The topological polar surface area (TPSA) is 68.0 Å². The predicted octanol–water partition coefficient (Wildman–Crippen LogP) is 1.91. The fraction of sp³-hybridized carbons (Fsp3) is 0.455. The molecule has 86 valence electrons. The summed E-state index contributed by atoms with van der Waals surface area (Å²) in [6, 6.07) is 3.58. The molecule has 1 saturated carbocycles. The maximum atomic E-state index is 11.7. The molecule has 4 nitrogen and oxygen atoms in total. The van der Waals surface area contributed by atoms with Crippen LogP contribution in [0, 0.1) is 5.92 Å². The molecule has 3 N–H and O–H groups in total. The van der Waals surface area contributed by atoms with Gasteiger partial charge in [0, 0.05) is 18.7 Å². The van der Waals surface area contributed by atoms with Gasteiger partial charge in [0.15, 0.2) is 0 Å². The fourth-order valence-corrected chi connectivity index (χ4v) is 1.94. The van der Waals surface area contributed by atoms with Gasteiger partial charge in [-0.2, -0.15) is 0 Å². The number of nitrogens with zero attached hydrogens (tertiary/aromatic N) is 1. The summed E-state index contributed by atoms with van der Waals surface area (Å²) in [6.07, 6.45) is 4.36. The van der Waals surface area contributed by atoms with Crippen molar-refractivity contribution >= 4 is 27.5 Å². The van der Waals surface area contributed by atoms with Crippen LogP contribution in [0.1, 0.15) is 19.3 Å². The summed E-state index contributed by atoms with van der Waals surface area (Å²) in [4.78, 5) is 15.7. The molecule has 1 unspecified atom stereocenters. The number of hydrogen-bond donors (Lipinski definition) is 2. The number of rotatable bonds is 4. The van der Waals surface area contributed by atoms with Crippen molar-refractivity contribution in [3.8, 4) is 0 Å². The molecule has 2 rings (SSSR count). The summed E-state index contributed by atoms with van der Waals surface area (Å²) < 4.78 is 0.642. The molecule has 0 aromatic carbocycles. The van der Waals surface area contributed by atoms with Gasteiger partial charge in [0.05, 0.1) is 5.69 Å². The minimum atomic E-state index is -0.0481. The highest BCUT2D eigenvalue weighted by molar-refractivity contribution is 9.10. The highest BCUT2D eigenvalue weighted by atomic mass is 79.9. The molecule has 0 aliphatic heterocycles. The highest BCUT2D eigenvalue weighted by Crippen LogP contribution is 2.33. The van der Waals surface area contributed by atoms with E-state index in [9.17, 15) is 4.79 Å². The smallest absolute Gasteiger partial charge is 0.226 e. The average Bonchev–Trinajstić information content (AvgIpc) is 3.04. The summed E-state index contributed by atoms with van der Waals surface area (Å²) in [5.41, 5.74) is 6.57. The summed E-state index contributed by atoms with van der Waals surface area (Å²) in [5, 5.41) is 2.80. The molecule has 5 heteroatoms. The number of aromatic nitrogens is 1. The quantitative estimate of drug-likeness (QED) is 0.830. The molecule has 0 spiro atoms. The average molecular weight is 284 g/mol. The Balaban J connectivity index is 1.89. The van der Waals surface area contributed by atoms with Gasteiger partial charge in [-0.05, 0) is 46.8 Å². The zero-order chi connectivity index (χ0) is 11.5. The number of pyridine rings is 1. The molecule has 1 atom stereocenters. The van der Waals surface area contributed by atoms with Crippen LogP contribution in [0.2, 0.25) is 0 Å². The summed E-state index contributed by atoms with van der Waals surface area (Å²) in [6.45, 7) is 0. The predicted molar refractivity (Wildman–Crippen MR) is 65.9 cm³/mol. The van der Waals surface area contributed by atoms with Crippen LogP contribution in [-0.2, 0) is 4.79 Å². The Labute approximate surface area is 103 Å². The molecule has 1 fully saturated rings. The van der Waals surface area contributed by atoms with E-state index < -0.39 is 0 Å². The highest BCUT2D eigenvalue weighted by Gasteiger charge is 2.29.